The van der Waals surface area contributed by atoms with E-state index in [-0.39, 0.29) is 28.8 Å². The number of benzene rings is 2. The van der Waals surface area contributed by atoms with Crippen LogP contribution in [0.5, 0.6) is 5.75 Å². The molecule has 1 fully saturated rings. The number of aryl methyl sites for hydroxylation is 1. The summed E-state index contributed by atoms with van der Waals surface area (Å²) >= 11 is 3.69. The van der Waals surface area contributed by atoms with E-state index in [4.69, 9.17) is 14.2 Å². The van der Waals surface area contributed by atoms with Gasteiger partial charge in [0, 0.05) is 17.0 Å². The standard InChI is InChI=1S/C27H33BrO4/c1-26(2,3)24(30-4)20-13-17(8-11-23(20)28)16-32-19-10-9-18-7-6-12-27(21(18)14-19)15-22(27)25(29)31-5/h8-11,13-14,22,24H,6-7,12,15-16H2,1-5H3. The lowest BCUT2D eigenvalue weighted by Crippen LogP contribution is -2.22. The van der Waals surface area contributed by atoms with Gasteiger partial charge in [-0.2, -0.15) is 0 Å². The van der Waals surface area contributed by atoms with Crippen molar-refractivity contribution in [1.29, 1.82) is 0 Å². The molecule has 0 amide bonds. The van der Waals surface area contributed by atoms with Crippen molar-refractivity contribution in [2.24, 2.45) is 11.3 Å². The van der Waals surface area contributed by atoms with Gasteiger partial charge in [0.1, 0.15) is 12.4 Å². The van der Waals surface area contributed by atoms with Crippen molar-refractivity contribution in [2.75, 3.05) is 14.2 Å². The van der Waals surface area contributed by atoms with Crippen LogP contribution >= 0.6 is 15.9 Å². The predicted molar refractivity (Wildman–Crippen MR) is 129 cm³/mol. The molecule has 2 aromatic carbocycles. The molecule has 2 aromatic rings. The lowest BCUT2D eigenvalue weighted by molar-refractivity contribution is -0.142. The monoisotopic (exact) mass is 500 g/mol. The van der Waals surface area contributed by atoms with Crippen molar-refractivity contribution in [2.45, 2.75) is 64.6 Å². The van der Waals surface area contributed by atoms with Gasteiger partial charge in [0.05, 0.1) is 19.1 Å². The number of methoxy groups -OCH3 is 2. The minimum Gasteiger partial charge on any atom is -0.489 e. The van der Waals surface area contributed by atoms with E-state index >= 15 is 0 Å². The van der Waals surface area contributed by atoms with Gasteiger partial charge in [-0.25, -0.2) is 0 Å². The third kappa shape index (κ3) is 4.34. The number of fused-ring (bicyclic) bond motifs is 2. The molecule has 2 aliphatic rings. The highest BCUT2D eigenvalue weighted by atomic mass is 79.9. The van der Waals surface area contributed by atoms with Crippen LogP contribution in [0.25, 0.3) is 0 Å². The van der Waals surface area contributed by atoms with Crippen LogP contribution in [-0.2, 0) is 32.7 Å². The lowest BCUT2D eigenvalue weighted by Gasteiger charge is -2.30. The van der Waals surface area contributed by atoms with Gasteiger partial charge < -0.3 is 14.2 Å². The van der Waals surface area contributed by atoms with Crippen molar-refractivity contribution < 1.29 is 19.0 Å². The maximum absolute atomic E-state index is 12.2. The second-order valence-electron chi connectivity index (χ2n) is 10.2. The molecule has 1 saturated carbocycles. The molecule has 1 spiro atoms. The van der Waals surface area contributed by atoms with Gasteiger partial charge in [-0.3, -0.25) is 4.79 Å². The van der Waals surface area contributed by atoms with E-state index in [1.807, 2.05) is 0 Å². The van der Waals surface area contributed by atoms with Gasteiger partial charge in [-0.15, -0.1) is 0 Å². The molecule has 5 heteroatoms. The van der Waals surface area contributed by atoms with Crippen molar-refractivity contribution in [3.05, 3.63) is 63.1 Å². The number of ether oxygens (including phenoxy) is 3. The van der Waals surface area contributed by atoms with E-state index in [2.05, 4.69) is 73.1 Å². The minimum absolute atomic E-state index is 0.0146. The molecular formula is C27H33BrO4. The van der Waals surface area contributed by atoms with Crippen LogP contribution in [-0.4, -0.2) is 20.2 Å². The highest BCUT2D eigenvalue weighted by molar-refractivity contribution is 9.10. The van der Waals surface area contributed by atoms with E-state index in [1.54, 1.807) is 7.11 Å². The minimum atomic E-state index is -0.0851. The van der Waals surface area contributed by atoms with E-state index in [9.17, 15) is 4.79 Å². The Hall–Kier alpha value is -1.85. The topological polar surface area (TPSA) is 44.8 Å². The van der Waals surface area contributed by atoms with Crippen molar-refractivity contribution in [1.82, 2.24) is 0 Å². The zero-order chi connectivity index (χ0) is 23.1. The molecule has 4 nitrogen and oxygen atoms in total. The molecule has 0 aromatic heterocycles. The molecule has 4 rings (SSSR count). The predicted octanol–water partition coefficient (Wildman–Crippen LogP) is 6.53. The zero-order valence-electron chi connectivity index (χ0n) is 19.7. The van der Waals surface area contributed by atoms with Gasteiger partial charge in [-0.05, 0) is 77.6 Å². The summed E-state index contributed by atoms with van der Waals surface area (Å²) in [6.07, 6.45) is 4.09. The summed E-state index contributed by atoms with van der Waals surface area (Å²) in [5.74, 6) is 0.751. The van der Waals surface area contributed by atoms with Crippen LogP contribution in [0.2, 0.25) is 0 Å². The molecule has 172 valence electrons. The first-order valence-electron chi connectivity index (χ1n) is 11.3. The van der Waals surface area contributed by atoms with Gasteiger partial charge in [-0.1, -0.05) is 48.8 Å². The molecular weight excluding hydrogens is 468 g/mol. The normalized spacial score (nSPS) is 22.9. The number of hydrogen-bond acceptors (Lipinski definition) is 4. The molecule has 0 bridgehead atoms. The molecule has 32 heavy (non-hydrogen) atoms. The Morgan fingerprint density at radius 1 is 1.19 bits per heavy atom. The Balaban J connectivity index is 1.54. The van der Waals surface area contributed by atoms with Crippen LogP contribution in [0.3, 0.4) is 0 Å². The number of hydrogen-bond donors (Lipinski definition) is 0. The quantitative estimate of drug-likeness (QED) is 0.423. The first-order valence-corrected chi connectivity index (χ1v) is 12.1. The maximum atomic E-state index is 12.2. The molecule has 2 aliphatic carbocycles. The molecule has 0 saturated heterocycles. The van der Waals surface area contributed by atoms with Gasteiger partial charge in [0.2, 0.25) is 0 Å². The van der Waals surface area contributed by atoms with Crippen LogP contribution < -0.4 is 4.74 Å². The van der Waals surface area contributed by atoms with Gasteiger partial charge in [0.15, 0.2) is 0 Å². The highest BCUT2D eigenvalue weighted by Gasteiger charge is 2.61. The van der Waals surface area contributed by atoms with Crippen molar-refractivity contribution in [3.63, 3.8) is 0 Å². The zero-order valence-corrected chi connectivity index (χ0v) is 21.3. The molecule has 0 heterocycles. The Morgan fingerprint density at radius 2 is 1.97 bits per heavy atom. The van der Waals surface area contributed by atoms with E-state index in [0.717, 1.165) is 47.0 Å². The number of rotatable bonds is 6. The van der Waals surface area contributed by atoms with Crippen LogP contribution in [0.1, 0.15) is 68.4 Å². The van der Waals surface area contributed by atoms with E-state index in [0.29, 0.717) is 6.61 Å². The highest BCUT2D eigenvalue weighted by Crippen LogP contribution is 2.61. The van der Waals surface area contributed by atoms with Crippen LogP contribution in [0.15, 0.2) is 40.9 Å². The first kappa shape index (κ1) is 23.3. The third-order valence-corrected chi connectivity index (χ3v) is 7.74. The fraction of sp³-hybridized carbons (Fsp3) is 0.519. The summed E-state index contributed by atoms with van der Waals surface area (Å²) in [4.78, 5) is 12.2. The number of carbonyl (C=O) groups is 1. The summed E-state index contributed by atoms with van der Waals surface area (Å²) in [5, 5.41) is 0. The summed E-state index contributed by atoms with van der Waals surface area (Å²) in [7, 11) is 3.24. The first-order chi connectivity index (χ1) is 15.2. The van der Waals surface area contributed by atoms with Crippen LogP contribution in [0.4, 0.5) is 0 Å². The van der Waals surface area contributed by atoms with Crippen LogP contribution in [0, 0.1) is 11.3 Å². The van der Waals surface area contributed by atoms with E-state index < -0.39 is 0 Å². The Kier molecular flexibility index (Phi) is 6.43. The second-order valence-corrected chi connectivity index (χ2v) is 11.1. The Morgan fingerprint density at radius 3 is 2.66 bits per heavy atom. The molecule has 3 atom stereocenters. The molecule has 0 N–H and O–H groups in total. The smallest absolute Gasteiger partial charge is 0.309 e. The van der Waals surface area contributed by atoms with Gasteiger partial charge in [0.25, 0.3) is 0 Å². The lowest BCUT2D eigenvalue weighted by atomic mass is 9.78. The fourth-order valence-corrected chi connectivity index (χ4v) is 5.84. The summed E-state index contributed by atoms with van der Waals surface area (Å²) < 4.78 is 18.1. The molecule has 0 radical (unpaired) electrons. The SMILES string of the molecule is COC(=O)C1CC12CCCc1ccc(OCc3ccc(Br)c(C(OC)C(C)(C)C)c3)cc12. The average molecular weight is 501 g/mol. The number of halogens is 1. The maximum Gasteiger partial charge on any atom is 0.309 e. The van der Waals surface area contributed by atoms with Crippen molar-refractivity contribution >= 4 is 21.9 Å². The summed E-state index contributed by atoms with van der Waals surface area (Å²) in [6, 6.07) is 12.7. The third-order valence-electron chi connectivity index (χ3n) is 7.02. The second kappa shape index (κ2) is 8.83. The Labute approximate surface area is 199 Å². The summed E-state index contributed by atoms with van der Waals surface area (Å²) in [6.45, 7) is 7.02. The molecule has 3 unspecified atom stereocenters. The van der Waals surface area contributed by atoms with Gasteiger partial charge >= 0.3 is 5.97 Å². The Bertz CT molecular complexity index is 1010. The number of carbonyl (C=O) groups excluding carboxylic acids is 1. The summed E-state index contributed by atoms with van der Waals surface area (Å²) in [5.41, 5.74) is 4.77. The molecule has 0 aliphatic heterocycles. The van der Waals surface area contributed by atoms with Crippen molar-refractivity contribution in [3.8, 4) is 5.75 Å². The van der Waals surface area contributed by atoms with E-state index in [1.165, 1.54) is 18.2 Å². The fourth-order valence-electron chi connectivity index (χ4n) is 5.38. The largest absolute Gasteiger partial charge is 0.489 e. The number of esters is 1. The average Bonchev–Trinajstić information content (AvgIpc) is 3.48.